The van der Waals surface area contributed by atoms with Crippen LogP contribution < -0.4 is 4.74 Å². The van der Waals surface area contributed by atoms with E-state index in [9.17, 15) is 4.79 Å². The summed E-state index contributed by atoms with van der Waals surface area (Å²) in [6.45, 7) is 0. The SMILES string of the molecule is COc1cccc2[nH]cc(-c3[nH]ncc3C(=O)O)c12. The number of fused-ring (bicyclic) bond motifs is 1. The van der Waals surface area contributed by atoms with Crippen molar-refractivity contribution in [2.75, 3.05) is 7.11 Å². The third-order valence-electron chi connectivity index (χ3n) is 3.03. The second-order valence-corrected chi connectivity index (χ2v) is 4.05. The van der Waals surface area contributed by atoms with E-state index in [1.807, 2.05) is 18.2 Å². The lowest BCUT2D eigenvalue weighted by Crippen LogP contribution is -1.96. The van der Waals surface area contributed by atoms with Gasteiger partial charge in [0.25, 0.3) is 0 Å². The van der Waals surface area contributed by atoms with E-state index in [4.69, 9.17) is 9.84 Å². The Labute approximate surface area is 108 Å². The van der Waals surface area contributed by atoms with E-state index in [2.05, 4.69) is 15.2 Å². The average Bonchev–Trinajstić information content (AvgIpc) is 3.03. The van der Waals surface area contributed by atoms with E-state index < -0.39 is 5.97 Å². The van der Waals surface area contributed by atoms with Gasteiger partial charge in [0, 0.05) is 17.3 Å². The van der Waals surface area contributed by atoms with Crippen molar-refractivity contribution >= 4 is 16.9 Å². The third-order valence-corrected chi connectivity index (χ3v) is 3.03. The molecule has 0 radical (unpaired) electrons. The van der Waals surface area contributed by atoms with E-state index >= 15 is 0 Å². The van der Waals surface area contributed by atoms with Gasteiger partial charge in [-0.15, -0.1) is 0 Å². The Morgan fingerprint density at radius 3 is 3.00 bits per heavy atom. The standard InChI is InChI=1S/C13H11N3O3/c1-19-10-4-2-3-9-11(10)7(5-14-9)12-8(13(17)18)6-15-16-12/h2-6,14H,1H3,(H,15,16)(H,17,18). The second-order valence-electron chi connectivity index (χ2n) is 4.05. The molecule has 2 heterocycles. The first kappa shape index (κ1) is 11.3. The predicted molar refractivity (Wildman–Crippen MR) is 69.4 cm³/mol. The summed E-state index contributed by atoms with van der Waals surface area (Å²) in [6, 6.07) is 5.60. The molecule has 2 aromatic heterocycles. The number of aromatic amines is 2. The van der Waals surface area contributed by atoms with Gasteiger partial charge in [-0.2, -0.15) is 5.10 Å². The lowest BCUT2D eigenvalue weighted by molar-refractivity contribution is 0.0698. The highest BCUT2D eigenvalue weighted by Gasteiger charge is 2.18. The van der Waals surface area contributed by atoms with Gasteiger partial charge < -0.3 is 14.8 Å². The van der Waals surface area contributed by atoms with Crippen LogP contribution >= 0.6 is 0 Å². The van der Waals surface area contributed by atoms with Crippen molar-refractivity contribution in [2.45, 2.75) is 0 Å². The third kappa shape index (κ3) is 1.65. The number of carbonyl (C=O) groups is 1. The maximum Gasteiger partial charge on any atom is 0.339 e. The number of hydrogen-bond acceptors (Lipinski definition) is 3. The molecule has 0 saturated heterocycles. The summed E-state index contributed by atoms with van der Waals surface area (Å²) in [5, 5.41) is 16.5. The minimum Gasteiger partial charge on any atom is -0.496 e. The van der Waals surface area contributed by atoms with E-state index in [1.165, 1.54) is 6.20 Å². The van der Waals surface area contributed by atoms with Gasteiger partial charge in [0.1, 0.15) is 11.3 Å². The summed E-state index contributed by atoms with van der Waals surface area (Å²) in [7, 11) is 1.58. The molecule has 0 saturated carbocycles. The topological polar surface area (TPSA) is 91.0 Å². The number of nitrogens with zero attached hydrogens (tertiary/aromatic N) is 1. The van der Waals surface area contributed by atoms with Crippen molar-refractivity contribution in [1.82, 2.24) is 15.2 Å². The van der Waals surface area contributed by atoms with Crippen LogP contribution in [0.1, 0.15) is 10.4 Å². The first-order chi connectivity index (χ1) is 9.22. The highest BCUT2D eigenvalue weighted by Crippen LogP contribution is 2.35. The maximum absolute atomic E-state index is 11.2. The molecule has 6 heteroatoms. The smallest absolute Gasteiger partial charge is 0.339 e. The molecule has 19 heavy (non-hydrogen) atoms. The summed E-state index contributed by atoms with van der Waals surface area (Å²) >= 11 is 0. The summed E-state index contributed by atoms with van der Waals surface area (Å²) in [5.41, 5.74) is 2.19. The van der Waals surface area contributed by atoms with Gasteiger partial charge >= 0.3 is 5.97 Å². The average molecular weight is 257 g/mol. The monoisotopic (exact) mass is 257 g/mol. The van der Waals surface area contributed by atoms with Gasteiger partial charge in [-0.1, -0.05) is 6.07 Å². The zero-order valence-corrected chi connectivity index (χ0v) is 10.1. The first-order valence-corrected chi connectivity index (χ1v) is 5.63. The molecule has 0 unspecified atom stereocenters. The number of carboxylic acids is 1. The maximum atomic E-state index is 11.2. The molecule has 1 aromatic carbocycles. The van der Waals surface area contributed by atoms with Crippen LogP contribution in [-0.2, 0) is 0 Å². The number of aromatic nitrogens is 3. The molecule has 0 aliphatic rings. The second kappa shape index (κ2) is 4.16. The summed E-state index contributed by atoms with van der Waals surface area (Å²) in [5.74, 6) is -0.340. The van der Waals surface area contributed by atoms with Crippen LogP contribution in [0.15, 0.2) is 30.6 Å². The molecular weight excluding hydrogens is 246 g/mol. The van der Waals surface area contributed by atoms with Crippen molar-refractivity contribution in [3.8, 4) is 17.0 Å². The Bertz CT molecular complexity index is 757. The van der Waals surface area contributed by atoms with Gasteiger partial charge in [-0.25, -0.2) is 4.79 Å². The van der Waals surface area contributed by atoms with Crippen LogP contribution in [0.25, 0.3) is 22.2 Å². The van der Waals surface area contributed by atoms with Crippen LogP contribution in [-0.4, -0.2) is 33.4 Å². The number of ether oxygens (including phenoxy) is 1. The zero-order chi connectivity index (χ0) is 13.4. The van der Waals surface area contributed by atoms with Gasteiger partial charge in [-0.05, 0) is 12.1 Å². The molecule has 0 aliphatic heterocycles. The fourth-order valence-corrected chi connectivity index (χ4v) is 2.17. The van der Waals surface area contributed by atoms with E-state index in [0.29, 0.717) is 11.4 Å². The van der Waals surface area contributed by atoms with Gasteiger partial charge in [0.15, 0.2) is 0 Å². The van der Waals surface area contributed by atoms with E-state index in [1.54, 1.807) is 13.3 Å². The quantitative estimate of drug-likeness (QED) is 0.671. The number of methoxy groups -OCH3 is 1. The molecule has 0 atom stereocenters. The van der Waals surface area contributed by atoms with Crippen molar-refractivity contribution in [2.24, 2.45) is 0 Å². The molecule has 3 aromatic rings. The molecule has 6 nitrogen and oxygen atoms in total. The first-order valence-electron chi connectivity index (χ1n) is 5.63. The van der Waals surface area contributed by atoms with Gasteiger partial charge in [0.2, 0.25) is 0 Å². The molecule has 0 aliphatic carbocycles. The van der Waals surface area contributed by atoms with Crippen LogP contribution in [0.4, 0.5) is 0 Å². The number of carboxylic acid groups (broad SMARTS) is 1. The normalized spacial score (nSPS) is 10.8. The Morgan fingerprint density at radius 2 is 2.26 bits per heavy atom. The lowest BCUT2D eigenvalue weighted by Gasteiger charge is -2.04. The fourth-order valence-electron chi connectivity index (χ4n) is 2.17. The van der Waals surface area contributed by atoms with Crippen molar-refractivity contribution in [3.63, 3.8) is 0 Å². The highest BCUT2D eigenvalue weighted by molar-refractivity contribution is 6.04. The Balaban J connectivity index is 2.31. The molecule has 0 amide bonds. The number of rotatable bonds is 3. The van der Waals surface area contributed by atoms with Crippen molar-refractivity contribution in [3.05, 3.63) is 36.2 Å². The van der Waals surface area contributed by atoms with Crippen LogP contribution in [0.3, 0.4) is 0 Å². The summed E-state index contributed by atoms with van der Waals surface area (Å²) in [4.78, 5) is 14.3. The lowest BCUT2D eigenvalue weighted by atomic mass is 10.1. The number of aromatic carboxylic acids is 1. The molecule has 3 N–H and O–H groups in total. The van der Waals surface area contributed by atoms with Crippen molar-refractivity contribution < 1.29 is 14.6 Å². The highest BCUT2D eigenvalue weighted by atomic mass is 16.5. The number of hydrogen-bond donors (Lipinski definition) is 3. The largest absolute Gasteiger partial charge is 0.496 e. The van der Waals surface area contributed by atoms with Crippen LogP contribution in [0.2, 0.25) is 0 Å². The fraction of sp³-hybridized carbons (Fsp3) is 0.0769. The Kier molecular flexibility index (Phi) is 2.49. The minimum atomic E-state index is -1.02. The number of nitrogens with one attached hydrogen (secondary N) is 2. The van der Waals surface area contributed by atoms with Gasteiger partial charge in [-0.3, -0.25) is 5.10 Å². The predicted octanol–water partition coefficient (Wildman–Crippen LogP) is 2.26. The van der Waals surface area contributed by atoms with Crippen LogP contribution in [0.5, 0.6) is 5.75 Å². The molecule has 0 fully saturated rings. The Morgan fingerprint density at radius 1 is 1.42 bits per heavy atom. The number of H-pyrrole nitrogens is 2. The minimum absolute atomic E-state index is 0.131. The molecule has 96 valence electrons. The molecule has 3 rings (SSSR count). The Hall–Kier alpha value is -2.76. The number of benzene rings is 1. The molecule has 0 spiro atoms. The van der Waals surface area contributed by atoms with Crippen LogP contribution in [0, 0.1) is 0 Å². The van der Waals surface area contributed by atoms with Gasteiger partial charge in [0.05, 0.1) is 24.4 Å². The van der Waals surface area contributed by atoms with Crippen molar-refractivity contribution in [1.29, 1.82) is 0 Å². The molecule has 0 bridgehead atoms. The zero-order valence-electron chi connectivity index (χ0n) is 10.1. The van der Waals surface area contributed by atoms with E-state index in [0.717, 1.165) is 16.5 Å². The molecular formula is C13H11N3O3. The van der Waals surface area contributed by atoms with E-state index in [-0.39, 0.29) is 5.56 Å². The summed E-state index contributed by atoms with van der Waals surface area (Å²) < 4.78 is 5.32. The summed E-state index contributed by atoms with van der Waals surface area (Å²) in [6.07, 6.45) is 3.04.